The van der Waals surface area contributed by atoms with Crippen LogP contribution in [-0.4, -0.2) is 44.2 Å². The van der Waals surface area contributed by atoms with Crippen LogP contribution in [0.25, 0.3) is 0 Å². The zero-order valence-electron chi connectivity index (χ0n) is 11.8. The Kier molecular flexibility index (Phi) is 8.49. The lowest BCUT2D eigenvalue weighted by Crippen LogP contribution is -2.25. The van der Waals surface area contributed by atoms with Gasteiger partial charge in [0.15, 0.2) is 0 Å². The fourth-order valence-corrected chi connectivity index (χ4v) is 2.31. The van der Waals surface area contributed by atoms with Crippen LogP contribution < -0.4 is 5.32 Å². The first-order chi connectivity index (χ1) is 9.54. The zero-order valence-corrected chi connectivity index (χ0v) is 14.1. The molecular weight excluding hydrogens is 346 g/mol. The van der Waals surface area contributed by atoms with Gasteiger partial charge in [-0.15, -0.1) is 0 Å². The van der Waals surface area contributed by atoms with Gasteiger partial charge in [-0.25, -0.2) is 0 Å². The van der Waals surface area contributed by atoms with E-state index in [1.807, 2.05) is 26.0 Å². The minimum Gasteiger partial charge on any atom is -0.389 e. The van der Waals surface area contributed by atoms with Crippen molar-refractivity contribution in [1.29, 1.82) is 0 Å². The van der Waals surface area contributed by atoms with Crippen LogP contribution in [0, 0.1) is 6.92 Å². The van der Waals surface area contributed by atoms with E-state index >= 15 is 0 Å². The number of anilines is 1. The topological polar surface area (TPSA) is 50.7 Å². The molecule has 4 nitrogen and oxygen atoms in total. The van der Waals surface area contributed by atoms with Crippen LogP contribution in [0.1, 0.15) is 12.5 Å². The quantitative estimate of drug-likeness (QED) is 0.659. The minimum atomic E-state index is -0.580. The molecule has 0 radical (unpaired) electrons. The molecule has 0 bridgehead atoms. The second-order valence-corrected chi connectivity index (χ2v) is 5.65. The molecule has 1 aromatic carbocycles. The number of hydrogen-bond acceptors (Lipinski definition) is 4. The highest BCUT2D eigenvalue weighted by molar-refractivity contribution is 9.10. The van der Waals surface area contributed by atoms with E-state index < -0.39 is 6.10 Å². The molecule has 20 heavy (non-hydrogen) atoms. The number of ether oxygens (including phenoxy) is 2. The Morgan fingerprint density at radius 3 is 2.75 bits per heavy atom. The molecule has 1 aromatic rings. The van der Waals surface area contributed by atoms with E-state index in [0.29, 0.717) is 31.4 Å². The molecule has 0 aliphatic heterocycles. The smallest absolute Gasteiger partial charge is 0.0945 e. The van der Waals surface area contributed by atoms with Gasteiger partial charge < -0.3 is 19.9 Å². The van der Waals surface area contributed by atoms with Gasteiger partial charge in [0.2, 0.25) is 0 Å². The third-order valence-electron chi connectivity index (χ3n) is 2.66. The van der Waals surface area contributed by atoms with Crippen molar-refractivity contribution in [3.05, 3.63) is 27.2 Å². The Morgan fingerprint density at radius 1 is 1.35 bits per heavy atom. The second kappa shape index (κ2) is 9.58. The summed E-state index contributed by atoms with van der Waals surface area (Å²) >= 11 is 9.53. The van der Waals surface area contributed by atoms with Crippen LogP contribution >= 0.6 is 27.5 Å². The summed E-state index contributed by atoms with van der Waals surface area (Å²) in [5.74, 6) is 0. The highest BCUT2D eigenvalue weighted by Gasteiger charge is 2.08. The molecule has 114 valence electrons. The van der Waals surface area contributed by atoms with Crippen LogP contribution in [-0.2, 0) is 9.47 Å². The van der Waals surface area contributed by atoms with E-state index in [4.69, 9.17) is 21.1 Å². The van der Waals surface area contributed by atoms with Gasteiger partial charge in [0.1, 0.15) is 0 Å². The van der Waals surface area contributed by atoms with Crippen LogP contribution in [0.3, 0.4) is 0 Å². The summed E-state index contributed by atoms with van der Waals surface area (Å²) in [6.07, 6.45) is -0.580. The summed E-state index contributed by atoms with van der Waals surface area (Å²) in [7, 11) is 0. The van der Waals surface area contributed by atoms with E-state index in [1.54, 1.807) is 0 Å². The van der Waals surface area contributed by atoms with Gasteiger partial charge in [0.05, 0.1) is 31.6 Å². The van der Waals surface area contributed by atoms with Gasteiger partial charge >= 0.3 is 0 Å². The number of benzene rings is 1. The third-order valence-corrected chi connectivity index (χ3v) is 3.73. The number of aliphatic hydroxyl groups excluding tert-OH is 1. The first-order valence-corrected chi connectivity index (χ1v) is 7.74. The fraction of sp³-hybridized carbons (Fsp3) is 0.571. The Hall–Kier alpha value is -0.330. The average Bonchev–Trinajstić information content (AvgIpc) is 2.41. The Morgan fingerprint density at radius 2 is 2.05 bits per heavy atom. The largest absolute Gasteiger partial charge is 0.389 e. The maximum atomic E-state index is 9.81. The molecule has 0 amide bonds. The minimum absolute atomic E-state index is 0.275. The standard InChI is InChI=1S/C14H21BrClNO3/c1-3-19-4-5-20-9-11(18)8-17-14-7-13(16)10(2)6-12(14)15/h6-7,11,17-18H,3-5,8-9H2,1-2H3. The number of rotatable bonds is 9. The van der Waals surface area contributed by atoms with Crippen LogP contribution in [0.15, 0.2) is 16.6 Å². The normalized spacial score (nSPS) is 12.4. The predicted molar refractivity (Wildman–Crippen MR) is 85.7 cm³/mol. The van der Waals surface area contributed by atoms with Crippen LogP contribution in [0.4, 0.5) is 5.69 Å². The summed E-state index contributed by atoms with van der Waals surface area (Å²) in [5.41, 5.74) is 1.86. The van der Waals surface area contributed by atoms with Gasteiger partial charge in [-0.2, -0.15) is 0 Å². The van der Waals surface area contributed by atoms with E-state index in [9.17, 15) is 5.11 Å². The summed E-state index contributed by atoms with van der Waals surface area (Å²) in [6.45, 7) is 6.27. The van der Waals surface area contributed by atoms with Crippen molar-refractivity contribution in [1.82, 2.24) is 0 Å². The van der Waals surface area contributed by atoms with Gasteiger partial charge in [-0.05, 0) is 47.5 Å². The number of aliphatic hydroxyl groups is 1. The van der Waals surface area contributed by atoms with Gasteiger partial charge in [0.25, 0.3) is 0 Å². The number of hydrogen-bond donors (Lipinski definition) is 2. The van der Waals surface area contributed by atoms with Crippen molar-refractivity contribution in [2.75, 3.05) is 38.3 Å². The van der Waals surface area contributed by atoms with E-state index in [1.165, 1.54) is 0 Å². The van der Waals surface area contributed by atoms with Crippen LogP contribution in [0.2, 0.25) is 5.02 Å². The van der Waals surface area contributed by atoms with Crippen LogP contribution in [0.5, 0.6) is 0 Å². The molecular formula is C14H21BrClNO3. The average molecular weight is 367 g/mol. The van der Waals surface area contributed by atoms with Crippen molar-refractivity contribution in [3.8, 4) is 0 Å². The summed E-state index contributed by atoms with van der Waals surface area (Å²) in [6, 6.07) is 3.78. The molecule has 1 unspecified atom stereocenters. The molecule has 2 N–H and O–H groups in total. The molecule has 0 saturated heterocycles. The fourth-order valence-electron chi connectivity index (χ4n) is 1.55. The summed E-state index contributed by atoms with van der Waals surface area (Å²) in [4.78, 5) is 0. The van der Waals surface area contributed by atoms with Gasteiger partial charge in [-0.1, -0.05) is 11.6 Å². The van der Waals surface area contributed by atoms with E-state index in [-0.39, 0.29) is 6.61 Å². The van der Waals surface area contributed by atoms with E-state index in [0.717, 1.165) is 15.7 Å². The predicted octanol–water partition coefficient (Wildman–Crippen LogP) is 3.24. The lowest BCUT2D eigenvalue weighted by atomic mass is 10.2. The second-order valence-electron chi connectivity index (χ2n) is 4.39. The zero-order chi connectivity index (χ0) is 15.0. The molecule has 6 heteroatoms. The van der Waals surface area contributed by atoms with Gasteiger partial charge in [0, 0.05) is 22.6 Å². The summed E-state index contributed by atoms with van der Waals surface area (Å²) in [5, 5.41) is 13.6. The maximum Gasteiger partial charge on any atom is 0.0945 e. The molecule has 1 atom stereocenters. The number of halogens is 2. The molecule has 1 rings (SSSR count). The Bertz CT molecular complexity index is 418. The SMILES string of the molecule is CCOCCOCC(O)CNc1cc(Cl)c(C)cc1Br. The first kappa shape index (κ1) is 17.7. The number of nitrogens with one attached hydrogen (secondary N) is 1. The molecule has 0 spiro atoms. The monoisotopic (exact) mass is 365 g/mol. The molecule has 0 fully saturated rings. The molecule has 0 heterocycles. The van der Waals surface area contributed by atoms with Crippen molar-refractivity contribution in [2.45, 2.75) is 20.0 Å². The Labute approximate surface area is 133 Å². The molecule has 0 aliphatic rings. The Balaban J connectivity index is 2.30. The van der Waals surface area contributed by atoms with Crippen molar-refractivity contribution in [3.63, 3.8) is 0 Å². The summed E-state index contributed by atoms with van der Waals surface area (Å²) < 4.78 is 11.4. The van der Waals surface area contributed by atoms with Crippen molar-refractivity contribution < 1.29 is 14.6 Å². The highest BCUT2D eigenvalue weighted by atomic mass is 79.9. The maximum absolute atomic E-state index is 9.81. The molecule has 0 aromatic heterocycles. The highest BCUT2D eigenvalue weighted by Crippen LogP contribution is 2.29. The van der Waals surface area contributed by atoms with E-state index in [2.05, 4.69) is 21.2 Å². The lowest BCUT2D eigenvalue weighted by Gasteiger charge is -2.15. The third kappa shape index (κ3) is 6.41. The molecule has 0 aliphatic carbocycles. The molecule has 0 saturated carbocycles. The lowest BCUT2D eigenvalue weighted by molar-refractivity contribution is 0.0103. The van der Waals surface area contributed by atoms with Crippen molar-refractivity contribution in [2.24, 2.45) is 0 Å². The number of aryl methyl sites for hydroxylation is 1. The van der Waals surface area contributed by atoms with Crippen molar-refractivity contribution >= 4 is 33.2 Å². The van der Waals surface area contributed by atoms with Gasteiger partial charge in [-0.3, -0.25) is 0 Å². The first-order valence-electron chi connectivity index (χ1n) is 6.57.